The van der Waals surface area contributed by atoms with Crippen molar-refractivity contribution in [2.45, 2.75) is 123 Å². The van der Waals surface area contributed by atoms with Crippen molar-refractivity contribution in [2.75, 3.05) is 73.6 Å². The van der Waals surface area contributed by atoms with Gasteiger partial charge in [-0.3, -0.25) is 24.0 Å². The standard InChI is InChI=1S/C27H42N4O7.C16H21N3O3.C3H5N.C2H7N.C2H4O2/c1-25(2,3)37-23(34)29-17-21(32)31(18-19-9-11-20(36-8)12-10-19)27(22(33)28-7)13-15-30(16-14-27)24(35)38-26(4,5)6;1-22-13-4-2-12(3-5-13)11-19-14(20)10-18-15(21)16(19)6-8-17-9-7-16;1-3-4-2;1-2-3;1-2(3)4/h9-12H,13-18H2,1-8H3,(H,28,33)(H,29,34);2-5,17H,6-11H2,1H3,(H,18,21);3H2,1H3;2-3H2,1H3;1H3,(H,3,4). The van der Waals surface area contributed by atoms with Crippen molar-refractivity contribution >= 4 is 41.8 Å². The minimum absolute atomic E-state index is 0.0164. The lowest BCUT2D eigenvalue weighted by Crippen LogP contribution is -2.69. The summed E-state index contributed by atoms with van der Waals surface area (Å²) in [4.78, 5) is 93.5. The van der Waals surface area contributed by atoms with Gasteiger partial charge in [0.2, 0.25) is 30.2 Å². The van der Waals surface area contributed by atoms with Crippen LogP contribution in [0.3, 0.4) is 0 Å². The molecule has 0 radical (unpaired) electrons. The number of ether oxygens (including phenoxy) is 4. The lowest BCUT2D eigenvalue weighted by molar-refractivity contribution is -0.156. The number of hydrogen-bond donors (Lipinski definition) is 6. The molecule has 0 aliphatic carbocycles. The van der Waals surface area contributed by atoms with Gasteiger partial charge in [-0.1, -0.05) is 31.2 Å². The molecular weight excluding hydrogens is 919 g/mol. The average molecular weight is 998 g/mol. The van der Waals surface area contributed by atoms with E-state index in [2.05, 4.69) is 26.1 Å². The summed E-state index contributed by atoms with van der Waals surface area (Å²) < 4.78 is 21.1. The summed E-state index contributed by atoms with van der Waals surface area (Å²) in [5, 5.41) is 18.6. The fourth-order valence-electron chi connectivity index (χ4n) is 7.45. The largest absolute Gasteiger partial charge is 0.497 e. The van der Waals surface area contributed by atoms with Crippen LogP contribution in [0, 0.1) is 6.57 Å². The highest BCUT2D eigenvalue weighted by molar-refractivity contribution is 5.98. The summed E-state index contributed by atoms with van der Waals surface area (Å²) in [6.07, 6.45) is 0.494. The number of carbonyl (C=O) groups excluding carboxylic acids is 6. The molecule has 396 valence electrons. The molecule has 0 saturated carbocycles. The van der Waals surface area contributed by atoms with Gasteiger partial charge in [0, 0.05) is 47.1 Å². The maximum atomic E-state index is 13.6. The second-order valence-electron chi connectivity index (χ2n) is 18.5. The molecule has 0 atom stereocenters. The molecule has 1 spiro atoms. The molecule has 5 rings (SSSR count). The smallest absolute Gasteiger partial charge is 0.410 e. The quantitative estimate of drug-likeness (QED) is 0.181. The molecule has 0 aromatic heterocycles. The number of piperazine rings is 1. The van der Waals surface area contributed by atoms with E-state index >= 15 is 0 Å². The predicted molar refractivity (Wildman–Crippen MR) is 268 cm³/mol. The van der Waals surface area contributed by atoms with Crippen molar-refractivity contribution < 1.29 is 57.6 Å². The molecule has 3 heterocycles. The van der Waals surface area contributed by atoms with Crippen LogP contribution in [0.1, 0.15) is 99.1 Å². The van der Waals surface area contributed by atoms with Gasteiger partial charge in [0.25, 0.3) is 5.97 Å². The Kier molecular flexibility index (Phi) is 26.5. The highest BCUT2D eigenvalue weighted by Crippen LogP contribution is 2.33. The summed E-state index contributed by atoms with van der Waals surface area (Å²) in [6.45, 7) is 25.0. The fraction of sp³-hybridized carbons (Fsp3) is 0.600. The number of methoxy groups -OCH3 is 2. The van der Waals surface area contributed by atoms with Crippen molar-refractivity contribution in [2.24, 2.45) is 5.73 Å². The molecule has 2 aromatic rings. The van der Waals surface area contributed by atoms with Crippen LogP contribution >= 0.6 is 0 Å². The van der Waals surface area contributed by atoms with Gasteiger partial charge < -0.3 is 70.6 Å². The van der Waals surface area contributed by atoms with Crippen molar-refractivity contribution in [3.63, 3.8) is 0 Å². The maximum absolute atomic E-state index is 13.6. The third-order valence-electron chi connectivity index (χ3n) is 10.7. The van der Waals surface area contributed by atoms with Gasteiger partial charge in [-0.2, -0.15) is 0 Å². The molecule has 3 aliphatic rings. The van der Waals surface area contributed by atoms with E-state index in [1.165, 1.54) is 11.9 Å². The van der Waals surface area contributed by atoms with E-state index < -0.39 is 46.3 Å². The van der Waals surface area contributed by atoms with E-state index in [-0.39, 0.29) is 63.3 Å². The Balaban J connectivity index is 0.000000636. The summed E-state index contributed by atoms with van der Waals surface area (Å²) >= 11 is 0. The van der Waals surface area contributed by atoms with Crippen molar-refractivity contribution in [1.82, 2.24) is 36.0 Å². The fourth-order valence-corrected chi connectivity index (χ4v) is 7.45. The number of carboxylic acids is 1. The van der Waals surface area contributed by atoms with Crippen LogP contribution in [0.15, 0.2) is 48.5 Å². The van der Waals surface area contributed by atoms with Crippen LogP contribution in [0.2, 0.25) is 0 Å². The normalized spacial score (nSPS) is 15.5. The van der Waals surface area contributed by atoms with Crippen LogP contribution in [0.25, 0.3) is 4.85 Å². The lowest BCUT2D eigenvalue weighted by Gasteiger charge is -2.48. The van der Waals surface area contributed by atoms with E-state index in [1.54, 1.807) is 77.7 Å². The van der Waals surface area contributed by atoms with E-state index in [0.717, 1.165) is 43.4 Å². The van der Waals surface area contributed by atoms with Crippen LogP contribution in [-0.2, 0) is 46.5 Å². The molecule has 21 heteroatoms. The first kappa shape index (κ1) is 62.4. The predicted octanol–water partition coefficient (Wildman–Crippen LogP) is 4.32. The summed E-state index contributed by atoms with van der Waals surface area (Å²) in [7, 11) is 4.70. The Labute approximate surface area is 419 Å². The van der Waals surface area contributed by atoms with Gasteiger partial charge in [0.15, 0.2) is 0 Å². The number of aliphatic carboxylic acids is 1. The zero-order valence-electron chi connectivity index (χ0n) is 43.8. The molecule has 6 amide bonds. The molecule has 3 aliphatic heterocycles. The number of hydrogen-bond acceptors (Lipinski definition) is 13. The molecule has 0 bridgehead atoms. The monoisotopic (exact) mass is 998 g/mol. The van der Waals surface area contributed by atoms with Crippen LogP contribution in [-0.4, -0.2) is 157 Å². The van der Waals surface area contributed by atoms with Gasteiger partial charge in [0.05, 0.1) is 20.8 Å². The highest BCUT2D eigenvalue weighted by Gasteiger charge is 2.50. The number of carbonyl (C=O) groups is 7. The van der Waals surface area contributed by atoms with E-state index in [9.17, 15) is 28.8 Å². The number of nitrogens with two attached hydrogens (primary N) is 1. The molecule has 2 aromatic carbocycles. The van der Waals surface area contributed by atoms with Crippen molar-refractivity contribution in [3.05, 3.63) is 71.1 Å². The second kappa shape index (κ2) is 30.2. The van der Waals surface area contributed by atoms with Crippen LogP contribution < -0.4 is 36.5 Å². The molecule has 3 saturated heterocycles. The minimum Gasteiger partial charge on any atom is -0.497 e. The van der Waals surface area contributed by atoms with Crippen LogP contribution in [0.5, 0.6) is 11.5 Å². The first-order chi connectivity index (χ1) is 33.3. The van der Waals surface area contributed by atoms with Gasteiger partial charge >= 0.3 is 12.2 Å². The van der Waals surface area contributed by atoms with Crippen LogP contribution in [0.4, 0.5) is 9.59 Å². The topological polar surface area (TPSA) is 265 Å². The first-order valence-corrected chi connectivity index (χ1v) is 23.6. The summed E-state index contributed by atoms with van der Waals surface area (Å²) in [5.74, 6) is -0.242. The van der Waals surface area contributed by atoms with Crippen molar-refractivity contribution in [3.8, 4) is 11.5 Å². The first-order valence-electron chi connectivity index (χ1n) is 23.6. The summed E-state index contributed by atoms with van der Waals surface area (Å²) in [5.41, 5.74) is 3.28. The van der Waals surface area contributed by atoms with Gasteiger partial charge in [-0.15, -0.1) is 0 Å². The Morgan fingerprint density at radius 2 is 1.31 bits per heavy atom. The Morgan fingerprint density at radius 1 is 0.845 bits per heavy atom. The third-order valence-corrected chi connectivity index (χ3v) is 10.7. The number of alkyl carbamates (subject to hydrolysis) is 1. The van der Waals surface area contributed by atoms with Crippen molar-refractivity contribution in [1.29, 1.82) is 0 Å². The molecular formula is C50H79N9O12. The lowest BCUT2D eigenvalue weighted by atomic mass is 9.83. The zero-order chi connectivity index (χ0) is 54.0. The second-order valence-corrected chi connectivity index (χ2v) is 18.5. The number of rotatable bonds is 10. The number of carboxylic acid groups (broad SMARTS) is 1. The average Bonchev–Trinajstić information content (AvgIpc) is 3.32. The Hall–Kier alpha value is -6.66. The number of likely N-dealkylation sites (N-methyl/N-ethyl adjacent to an activating group) is 1. The number of nitrogens with one attached hydrogen (secondary N) is 4. The molecule has 0 unspecified atom stereocenters. The molecule has 3 fully saturated rings. The van der Waals surface area contributed by atoms with Gasteiger partial charge in [0.1, 0.15) is 40.3 Å². The number of likely N-dealkylation sites (tertiary alicyclic amines) is 1. The number of piperidine rings is 2. The van der Waals surface area contributed by atoms with E-state index in [1.807, 2.05) is 50.2 Å². The van der Waals surface area contributed by atoms with E-state index in [4.69, 9.17) is 41.2 Å². The maximum Gasteiger partial charge on any atom is 0.410 e. The number of nitrogens with zero attached hydrogens (tertiary/aromatic N) is 4. The molecule has 71 heavy (non-hydrogen) atoms. The third kappa shape index (κ3) is 21.1. The van der Waals surface area contributed by atoms with Gasteiger partial charge in [-0.25, -0.2) is 16.2 Å². The Bertz CT molecular complexity index is 2050. The highest BCUT2D eigenvalue weighted by atomic mass is 16.6. The zero-order valence-corrected chi connectivity index (χ0v) is 43.8. The minimum atomic E-state index is -1.25. The molecule has 7 N–H and O–H groups in total. The number of benzene rings is 2. The molecule has 21 nitrogen and oxygen atoms in total. The summed E-state index contributed by atoms with van der Waals surface area (Å²) in [6, 6.07) is 14.8. The van der Waals surface area contributed by atoms with E-state index in [0.29, 0.717) is 31.7 Å². The number of amides is 6. The van der Waals surface area contributed by atoms with Gasteiger partial charge in [-0.05, 0) is 122 Å². The Morgan fingerprint density at radius 3 is 1.73 bits per heavy atom. The SMILES string of the molecule is CC(=O)O.CCN.CNC(=O)C1(N(Cc2ccc(OC)cc2)C(=O)CNC(=O)OC(C)(C)C)CCN(C(=O)OC(C)(C)C)CC1.COc1ccc(CN2C(=O)CNC(=O)C23CCNCC3)cc1.[C-]#[N+]CC.